The fraction of sp³-hybridized carbons (Fsp3) is 0.375. The van der Waals surface area contributed by atoms with E-state index in [1.54, 1.807) is 6.20 Å². The van der Waals surface area contributed by atoms with Gasteiger partial charge in [-0.3, -0.25) is 4.79 Å². The molecule has 0 unspecified atom stereocenters. The number of hydrogen-bond acceptors (Lipinski definition) is 3. The molecule has 2 N–H and O–H groups in total. The van der Waals surface area contributed by atoms with Crippen LogP contribution in [-0.2, 0) is 12.0 Å². The van der Waals surface area contributed by atoms with Gasteiger partial charge >= 0.3 is 0 Å². The first-order valence-electron chi connectivity index (χ1n) is 6.88. The Morgan fingerprint density at radius 1 is 1.30 bits per heavy atom. The highest BCUT2D eigenvalue weighted by atomic mass is 16.1. The van der Waals surface area contributed by atoms with Crippen molar-refractivity contribution in [2.24, 2.45) is 0 Å². The lowest BCUT2D eigenvalue weighted by Crippen LogP contribution is -2.31. The number of nitrogen functional groups attached to an aromatic ring is 1. The van der Waals surface area contributed by atoms with Gasteiger partial charge in [0, 0.05) is 24.6 Å². The lowest BCUT2D eigenvalue weighted by Gasteiger charge is -2.23. The quantitative estimate of drug-likeness (QED) is 0.671. The van der Waals surface area contributed by atoms with Gasteiger partial charge in [-0.1, -0.05) is 19.1 Å². The van der Waals surface area contributed by atoms with E-state index >= 15 is 0 Å². The molecule has 2 rings (SSSR count). The summed E-state index contributed by atoms with van der Waals surface area (Å²) in [5.74, 6) is 0.550. The second-order valence-corrected chi connectivity index (χ2v) is 5.52. The predicted molar refractivity (Wildman–Crippen MR) is 80.7 cm³/mol. The number of carbonyl (C=O) groups is 1. The van der Waals surface area contributed by atoms with E-state index in [1.165, 1.54) is 0 Å². The highest BCUT2D eigenvalue weighted by Gasteiger charge is 2.33. The number of Topliss-reactive ketones (excluding diaryl/α,β-unsaturated/α-hetero) is 1. The molecule has 0 saturated heterocycles. The van der Waals surface area contributed by atoms with Crippen LogP contribution in [0.3, 0.4) is 0 Å². The predicted octanol–water partition coefficient (Wildman–Crippen LogP) is 3.04. The fourth-order valence-corrected chi connectivity index (χ4v) is 2.25. The normalized spacial score (nSPS) is 11.6. The highest BCUT2D eigenvalue weighted by molar-refractivity contribution is 6.01. The Kier molecular flexibility index (Phi) is 3.93. The molecule has 0 spiro atoms. The number of nitrogens with two attached hydrogens (primary N) is 1. The zero-order valence-corrected chi connectivity index (χ0v) is 12.3. The molecule has 1 aromatic carbocycles. The molecule has 4 nitrogen and oxygen atoms in total. The molecule has 20 heavy (non-hydrogen) atoms. The van der Waals surface area contributed by atoms with Crippen LogP contribution in [0.15, 0.2) is 36.7 Å². The number of ketones is 1. The summed E-state index contributed by atoms with van der Waals surface area (Å²) in [5, 5.41) is 0. The Labute approximate surface area is 119 Å². The van der Waals surface area contributed by atoms with Crippen LogP contribution in [-0.4, -0.2) is 15.3 Å². The first-order valence-corrected chi connectivity index (χ1v) is 6.88. The molecule has 4 heteroatoms. The maximum absolute atomic E-state index is 12.8. The monoisotopic (exact) mass is 271 g/mol. The standard InChI is InChI=1S/C16H21N3O/c1-4-10-19-11-9-18-15(19)14(20)16(2,3)12-5-7-13(17)8-6-12/h5-9,11H,4,10,17H2,1-3H3. The van der Waals surface area contributed by atoms with Crippen LogP contribution in [0, 0.1) is 0 Å². The van der Waals surface area contributed by atoms with Gasteiger partial charge in [0.25, 0.3) is 0 Å². The van der Waals surface area contributed by atoms with Gasteiger partial charge in [-0.15, -0.1) is 0 Å². The topological polar surface area (TPSA) is 60.9 Å². The zero-order chi connectivity index (χ0) is 14.8. The molecule has 106 valence electrons. The summed E-state index contributed by atoms with van der Waals surface area (Å²) >= 11 is 0. The summed E-state index contributed by atoms with van der Waals surface area (Å²) in [6, 6.07) is 7.45. The van der Waals surface area contributed by atoms with Gasteiger partial charge < -0.3 is 10.3 Å². The molecule has 0 aliphatic heterocycles. The summed E-state index contributed by atoms with van der Waals surface area (Å²) in [6.45, 7) is 6.73. The average Bonchev–Trinajstić information content (AvgIpc) is 2.87. The fourth-order valence-electron chi connectivity index (χ4n) is 2.25. The third kappa shape index (κ3) is 2.59. The van der Waals surface area contributed by atoms with Gasteiger partial charge in [-0.05, 0) is 38.0 Å². The SMILES string of the molecule is CCCn1ccnc1C(=O)C(C)(C)c1ccc(N)cc1. The minimum Gasteiger partial charge on any atom is -0.399 e. The van der Waals surface area contributed by atoms with Crippen molar-refractivity contribution in [3.8, 4) is 0 Å². The number of rotatable bonds is 5. The Morgan fingerprint density at radius 2 is 1.95 bits per heavy atom. The number of carbonyl (C=O) groups excluding carboxylic acids is 1. The van der Waals surface area contributed by atoms with Crippen molar-refractivity contribution in [1.82, 2.24) is 9.55 Å². The Bertz CT molecular complexity index is 596. The van der Waals surface area contributed by atoms with Crippen LogP contribution in [0.1, 0.15) is 43.4 Å². The molecule has 0 radical (unpaired) electrons. The van der Waals surface area contributed by atoms with Crippen LogP contribution >= 0.6 is 0 Å². The molecule has 0 aliphatic carbocycles. The van der Waals surface area contributed by atoms with E-state index in [2.05, 4.69) is 11.9 Å². The van der Waals surface area contributed by atoms with Gasteiger partial charge in [0.2, 0.25) is 5.78 Å². The van der Waals surface area contributed by atoms with Gasteiger partial charge in [0.1, 0.15) is 0 Å². The third-order valence-corrected chi connectivity index (χ3v) is 3.58. The van der Waals surface area contributed by atoms with E-state index in [0.29, 0.717) is 11.5 Å². The zero-order valence-electron chi connectivity index (χ0n) is 12.3. The van der Waals surface area contributed by atoms with E-state index in [4.69, 9.17) is 5.73 Å². The number of aryl methyl sites for hydroxylation is 1. The molecular weight excluding hydrogens is 250 g/mol. The number of imidazole rings is 1. The minimum atomic E-state index is -0.620. The molecule has 0 saturated carbocycles. The summed E-state index contributed by atoms with van der Waals surface area (Å²) in [7, 11) is 0. The van der Waals surface area contributed by atoms with Crippen LogP contribution in [0.2, 0.25) is 0 Å². The molecule has 2 aromatic rings. The lowest BCUT2D eigenvalue weighted by molar-refractivity contribution is 0.0893. The van der Waals surface area contributed by atoms with E-state index in [-0.39, 0.29) is 5.78 Å². The first kappa shape index (κ1) is 14.3. The van der Waals surface area contributed by atoms with Crippen molar-refractivity contribution in [3.63, 3.8) is 0 Å². The van der Waals surface area contributed by atoms with Crippen LogP contribution in [0.25, 0.3) is 0 Å². The Morgan fingerprint density at radius 3 is 2.55 bits per heavy atom. The summed E-state index contributed by atoms with van der Waals surface area (Å²) < 4.78 is 1.92. The molecule has 1 heterocycles. The smallest absolute Gasteiger partial charge is 0.208 e. The van der Waals surface area contributed by atoms with Crippen molar-refractivity contribution in [1.29, 1.82) is 0 Å². The number of hydrogen-bond donors (Lipinski definition) is 1. The van der Waals surface area contributed by atoms with Crippen molar-refractivity contribution in [2.75, 3.05) is 5.73 Å². The average molecular weight is 271 g/mol. The van der Waals surface area contributed by atoms with E-state index in [9.17, 15) is 4.79 Å². The van der Waals surface area contributed by atoms with Gasteiger partial charge in [-0.2, -0.15) is 0 Å². The molecule has 0 aliphatic rings. The van der Waals surface area contributed by atoms with Crippen LogP contribution in [0.5, 0.6) is 0 Å². The molecule has 0 amide bonds. The van der Waals surface area contributed by atoms with E-state index in [0.717, 1.165) is 18.5 Å². The molecule has 0 bridgehead atoms. The van der Waals surface area contributed by atoms with Crippen molar-refractivity contribution in [3.05, 3.63) is 48.0 Å². The second kappa shape index (κ2) is 5.49. The third-order valence-electron chi connectivity index (χ3n) is 3.58. The minimum absolute atomic E-state index is 0.0284. The number of nitrogens with zero attached hydrogens (tertiary/aromatic N) is 2. The molecule has 0 atom stereocenters. The van der Waals surface area contributed by atoms with Gasteiger partial charge in [0.15, 0.2) is 5.82 Å². The largest absolute Gasteiger partial charge is 0.399 e. The van der Waals surface area contributed by atoms with Crippen molar-refractivity contribution >= 4 is 11.5 Å². The summed E-state index contributed by atoms with van der Waals surface area (Å²) in [5.41, 5.74) is 6.73. The molecule has 0 fully saturated rings. The number of anilines is 1. The van der Waals surface area contributed by atoms with Crippen molar-refractivity contribution in [2.45, 2.75) is 39.2 Å². The maximum Gasteiger partial charge on any atom is 0.208 e. The maximum atomic E-state index is 12.8. The van der Waals surface area contributed by atoms with Crippen molar-refractivity contribution < 1.29 is 4.79 Å². The van der Waals surface area contributed by atoms with E-state index in [1.807, 2.05) is 48.9 Å². The first-order chi connectivity index (χ1) is 9.46. The van der Waals surface area contributed by atoms with E-state index < -0.39 is 5.41 Å². The number of aromatic nitrogens is 2. The van der Waals surface area contributed by atoms with Crippen LogP contribution in [0.4, 0.5) is 5.69 Å². The van der Waals surface area contributed by atoms with Crippen LogP contribution < -0.4 is 5.73 Å². The van der Waals surface area contributed by atoms with Gasteiger partial charge in [0.05, 0.1) is 5.41 Å². The number of benzene rings is 1. The molecule has 1 aromatic heterocycles. The highest BCUT2D eigenvalue weighted by Crippen LogP contribution is 2.28. The Hall–Kier alpha value is -2.10. The Balaban J connectivity index is 2.35. The van der Waals surface area contributed by atoms with Gasteiger partial charge in [-0.25, -0.2) is 4.98 Å². The summed E-state index contributed by atoms with van der Waals surface area (Å²) in [6.07, 6.45) is 4.51. The molecular formula is C16H21N3O. The summed E-state index contributed by atoms with van der Waals surface area (Å²) in [4.78, 5) is 17.0. The second-order valence-electron chi connectivity index (χ2n) is 5.52. The lowest BCUT2D eigenvalue weighted by atomic mass is 9.80.